The second-order valence-electron chi connectivity index (χ2n) is 11.0. The zero-order valence-electron chi connectivity index (χ0n) is 22.0. The molecule has 0 radical (unpaired) electrons. The van der Waals surface area contributed by atoms with Crippen LogP contribution in [-0.4, -0.2) is 54.3 Å². The molecule has 2 saturated heterocycles. The first-order valence-corrected chi connectivity index (χ1v) is 12.9. The van der Waals surface area contributed by atoms with Crippen LogP contribution in [0.25, 0.3) is 0 Å². The van der Waals surface area contributed by atoms with Crippen molar-refractivity contribution in [3.63, 3.8) is 0 Å². The highest BCUT2D eigenvalue weighted by Crippen LogP contribution is 2.33. The molecule has 2 aliphatic rings. The third-order valence-corrected chi connectivity index (χ3v) is 7.15. The van der Waals surface area contributed by atoms with E-state index >= 15 is 0 Å². The molecule has 3 heterocycles. The summed E-state index contributed by atoms with van der Waals surface area (Å²) < 4.78 is 54.1. The minimum Gasteiger partial charge on any atom is -0.491 e. The number of pyridine rings is 1. The SMILES string of the molecule is CN1CCC[C@H]1COc1ccc(C(F)(F)F)cc1C(=O)/N=c1\ccc(C(C)(C)C)cn1C[C@H]1CCCO1. The molecule has 2 aromatic rings. The van der Waals surface area contributed by atoms with E-state index in [1.807, 2.05) is 23.9 Å². The van der Waals surface area contributed by atoms with E-state index in [1.54, 1.807) is 6.07 Å². The van der Waals surface area contributed by atoms with Crippen molar-refractivity contribution in [2.24, 2.45) is 4.99 Å². The highest BCUT2D eigenvalue weighted by molar-refractivity contribution is 5.97. The summed E-state index contributed by atoms with van der Waals surface area (Å²) in [5, 5.41) is 0. The van der Waals surface area contributed by atoms with Gasteiger partial charge in [0.2, 0.25) is 0 Å². The molecule has 1 aromatic carbocycles. The van der Waals surface area contributed by atoms with Gasteiger partial charge in [0.25, 0.3) is 5.91 Å². The number of hydrogen-bond acceptors (Lipinski definition) is 4. The Kier molecular flexibility index (Phi) is 8.14. The number of likely N-dealkylation sites (tertiary alicyclic amines) is 1. The third-order valence-electron chi connectivity index (χ3n) is 7.15. The fourth-order valence-electron chi connectivity index (χ4n) is 4.78. The summed E-state index contributed by atoms with van der Waals surface area (Å²) in [6.45, 7) is 8.71. The lowest BCUT2D eigenvalue weighted by Gasteiger charge is -2.22. The Morgan fingerprint density at radius 1 is 1.11 bits per heavy atom. The molecule has 2 atom stereocenters. The largest absolute Gasteiger partial charge is 0.491 e. The summed E-state index contributed by atoms with van der Waals surface area (Å²) in [6.07, 6.45) is 1.21. The van der Waals surface area contributed by atoms with Crippen LogP contribution in [0.2, 0.25) is 0 Å². The molecule has 0 saturated carbocycles. The number of aromatic nitrogens is 1. The van der Waals surface area contributed by atoms with Crippen molar-refractivity contribution < 1.29 is 27.4 Å². The second kappa shape index (κ2) is 11.0. The fourth-order valence-corrected chi connectivity index (χ4v) is 4.78. The van der Waals surface area contributed by atoms with Crippen molar-refractivity contribution in [3.05, 3.63) is 58.7 Å². The monoisotopic (exact) mass is 519 g/mol. The van der Waals surface area contributed by atoms with Gasteiger partial charge in [0.05, 0.1) is 23.8 Å². The van der Waals surface area contributed by atoms with E-state index in [0.717, 1.165) is 49.9 Å². The average Bonchev–Trinajstić information content (AvgIpc) is 3.49. The van der Waals surface area contributed by atoms with Gasteiger partial charge < -0.3 is 18.9 Å². The Morgan fingerprint density at radius 2 is 1.86 bits per heavy atom. The molecular formula is C28H36F3N3O3. The number of ether oxygens (including phenoxy) is 2. The molecule has 0 unspecified atom stereocenters. The highest BCUT2D eigenvalue weighted by Gasteiger charge is 2.32. The summed E-state index contributed by atoms with van der Waals surface area (Å²) in [5.41, 5.74) is 0.190. The lowest BCUT2D eigenvalue weighted by Crippen LogP contribution is -2.31. The van der Waals surface area contributed by atoms with Gasteiger partial charge in [0.15, 0.2) is 0 Å². The molecule has 37 heavy (non-hydrogen) atoms. The van der Waals surface area contributed by atoms with Crippen LogP contribution in [0.4, 0.5) is 13.2 Å². The number of rotatable bonds is 6. The standard InChI is InChI=1S/C28H36F3N3O3/c1-27(2,3)20-10-12-25(34(16-20)17-22-8-6-14-36-22)32-26(35)23-15-19(28(29,30)31)9-11-24(23)37-18-21-7-5-13-33(21)4/h9-12,15-16,21-22H,5-8,13-14,17-18H2,1-4H3/b32-25+/t21-,22+/m0/s1. The van der Waals surface area contributed by atoms with Crippen molar-refractivity contribution >= 4 is 5.91 Å². The predicted octanol–water partition coefficient (Wildman–Crippen LogP) is 5.20. The predicted molar refractivity (Wildman–Crippen MR) is 135 cm³/mol. The number of alkyl halides is 3. The molecule has 0 spiro atoms. The number of benzene rings is 1. The van der Waals surface area contributed by atoms with E-state index in [4.69, 9.17) is 9.47 Å². The normalized spacial score (nSPS) is 21.5. The van der Waals surface area contributed by atoms with Gasteiger partial charge in [0.1, 0.15) is 17.8 Å². The van der Waals surface area contributed by atoms with Crippen LogP contribution in [0.5, 0.6) is 5.75 Å². The summed E-state index contributed by atoms with van der Waals surface area (Å²) in [7, 11) is 1.99. The summed E-state index contributed by atoms with van der Waals surface area (Å²) in [6, 6.07) is 6.81. The molecule has 0 bridgehead atoms. The summed E-state index contributed by atoms with van der Waals surface area (Å²) in [5.74, 6) is -0.662. The molecule has 1 aromatic heterocycles. The van der Waals surface area contributed by atoms with E-state index in [2.05, 4.69) is 30.7 Å². The van der Waals surface area contributed by atoms with Crippen molar-refractivity contribution in [1.29, 1.82) is 0 Å². The van der Waals surface area contributed by atoms with Crippen LogP contribution in [0.15, 0.2) is 41.5 Å². The van der Waals surface area contributed by atoms with Crippen molar-refractivity contribution in [2.45, 2.75) is 76.7 Å². The number of carbonyl (C=O) groups excluding carboxylic acids is 1. The Balaban J connectivity index is 1.71. The average molecular weight is 520 g/mol. The number of amides is 1. The Hall–Kier alpha value is -2.65. The number of halogens is 3. The maximum atomic E-state index is 13.5. The molecule has 9 heteroatoms. The van der Waals surface area contributed by atoms with Crippen molar-refractivity contribution in [3.8, 4) is 5.75 Å². The first kappa shape index (κ1) is 27.4. The van der Waals surface area contributed by atoms with Crippen LogP contribution in [-0.2, 0) is 22.9 Å². The molecule has 202 valence electrons. The number of carbonyl (C=O) groups is 1. The Bertz CT molecular complexity index is 1180. The topological polar surface area (TPSA) is 56.1 Å². The molecule has 0 N–H and O–H groups in total. The summed E-state index contributed by atoms with van der Waals surface area (Å²) >= 11 is 0. The van der Waals surface area contributed by atoms with Crippen LogP contribution in [0.1, 0.15) is 67.9 Å². The van der Waals surface area contributed by atoms with Crippen LogP contribution < -0.4 is 10.2 Å². The van der Waals surface area contributed by atoms with Crippen molar-refractivity contribution in [2.75, 3.05) is 26.8 Å². The van der Waals surface area contributed by atoms with Gasteiger partial charge in [-0.3, -0.25) is 4.79 Å². The minimum atomic E-state index is -4.59. The zero-order chi connectivity index (χ0) is 26.8. The second-order valence-corrected chi connectivity index (χ2v) is 11.0. The number of likely N-dealkylation sites (N-methyl/N-ethyl adjacent to an activating group) is 1. The first-order chi connectivity index (χ1) is 17.4. The van der Waals surface area contributed by atoms with Gasteiger partial charge >= 0.3 is 6.18 Å². The van der Waals surface area contributed by atoms with Gasteiger partial charge in [-0.05, 0) is 74.5 Å². The maximum Gasteiger partial charge on any atom is 0.416 e. The van der Waals surface area contributed by atoms with Crippen molar-refractivity contribution in [1.82, 2.24) is 9.47 Å². The maximum absolute atomic E-state index is 13.5. The van der Waals surface area contributed by atoms with E-state index in [1.165, 1.54) is 6.07 Å². The molecule has 2 fully saturated rings. The number of hydrogen-bond donors (Lipinski definition) is 0. The van der Waals surface area contributed by atoms with E-state index in [0.29, 0.717) is 25.2 Å². The van der Waals surface area contributed by atoms with Gasteiger partial charge in [0, 0.05) is 18.8 Å². The molecule has 0 aliphatic carbocycles. The van der Waals surface area contributed by atoms with Crippen LogP contribution >= 0.6 is 0 Å². The van der Waals surface area contributed by atoms with Gasteiger partial charge in [-0.1, -0.05) is 26.8 Å². The Labute approximate surface area is 216 Å². The summed E-state index contributed by atoms with van der Waals surface area (Å²) in [4.78, 5) is 19.8. The van der Waals surface area contributed by atoms with Gasteiger partial charge in [-0.25, -0.2) is 0 Å². The van der Waals surface area contributed by atoms with Crippen LogP contribution in [0.3, 0.4) is 0 Å². The van der Waals surface area contributed by atoms with E-state index in [9.17, 15) is 18.0 Å². The minimum absolute atomic E-state index is 0.000114. The highest BCUT2D eigenvalue weighted by atomic mass is 19.4. The number of nitrogens with zero attached hydrogens (tertiary/aromatic N) is 3. The van der Waals surface area contributed by atoms with E-state index in [-0.39, 0.29) is 28.9 Å². The quantitative estimate of drug-likeness (QED) is 0.527. The molecule has 1 amide bonds. The first-order valence-electron chi connectivity index (χ1n) is 12.9. The molecular weight excluding hydrogens is 483 g/mol. The molecule has 2 aliphatic heterocycles. The Morgan fingerprint density at radius 3 is 2.49 bits per heavy atom. The van der Waals surface area contributed by atoms with Crippen LogP contribution in [0, 0.1) is 0 Å². The van der Waals surface area contributed by atoms with Gasteiger partial charge in [-0.15, -0.1) is 0 Å². The molecule has 4 rings (SSSR count). The van der Waals surface area contributed by atoms with Gasteiger partial charge in [-0.2, -0.15) is 18.2 Å². The zero-order valence-corrected chi connectivity index (χ0v) is 22.0. The van der Waals surface area contributed by atoms with E-state index < -0.39 is 17.6 Å². The fraction of sp³-hybridized carbons (Fsp3) is 0.571. The lowest BCUT2D eigenvalue weighted by molar-refractivity contribution is -0.137. The third kappa shape index (κ3) is 6.82. The smallest absolute Gasteiger partial charge is 0.416 e. The molecule has 6 nitrogen and oxygen atoms in total. The lowest BCUT2D eigenvalue weighted by atomic mass is 9.88.